The van der Waals surface area contributed by atoms with E-state index in [4.69, 9.17) is 0 Å². The zero-order valence-electron chi connectivity index (χ0n) is 26.3. The summed E-state index contributed by atoms with van der Waals surface area (Å²) in [6.45, 7) is 0. The van der Waals surface area contributed by atoms with Gasteiger partial charge in [-0.25, -0.2) is 0 Å². The number of rotatable bonds is 3. The maximum atomic E-state index is 2.37. The monoisotopic (exact) mass is 606 g/mol. The lowest BCUT2D eigenvalue weighted by molar-refractivity contribution is 1.67. The van der Waals surface area contributed by atoms with Crippen LogP contribution in [0.2, 0.25) is 0 Å². The first-order valence-electron chi connectivity index (χ1n) is 16.7. The van der Waals surface area contributed by atoms with E-state index in [9.17, 15) is 0 Å². The van der Waals surface area contributed by atoms with E-state index in [0.29, 0.717) is 0 Å². The van der Waals surface area contributed by atoms with Gasteiger partial charge in [-0.3, -0.25) is 0 Å². The van der Waals surface area contributed by atoms with E-state index in [0.717, 1.165) is 0 Å². The van der Waals surface area contributed by atoms with Gasteiger partial charge in [0.15, 0.2) is 0 Å². The van der Waals surface area contributed by atoms with Crippen molar-refractivity contribution in [3.05, 3.63) is 182 Å². The molecule has 0 unspecified atom stereocenters. The maximum absolute atomic E-state index is 2.37. The van der Waals surface area contributed by atoms with Gasteiger partial charge in [0.25, 0.3) is 0 Å². The van der Waals surface area contributed by atoms with Gasteiger partial charge in [-0.2, -0.15) is 0 Å². The SMILES string of the molecule is c1ccc2c(-c3c4ccccc4c(-c4ccc(-c5cccc6ccc7ccccc7c56)c5ccccc45)c4ccccc34)cccc2c1. The van der Waals surface area contributed by atoms with Gasteiger partial charge < -0.3 is 0 Å². The van der Waals surface area contributed by atoms with Gasteiger partial charge in [0.1, 0.15) is 0 Å². The molecule has 10 aromatic rings. The molecule has 0 bridgehead atoms. The van der Waals surface area contributed by atoms with Gasteiger partial charge in [0, 0.05) is 0 Å². The molecule has 0 aromatic heterocycles. The maximum Gasteiger partial charge on any atom is -0.00201 e. The number of fused-ring (bicyclic) bond motifs is 7. The largest absolute Gasteiger partial charge is 0.0616 e. The first-order valence-corrected chi connectivity index (χ1v) is 16.7. The summed E-state index contributed by atoms with van der Waals surface area (Å²) in [6.07, 6.45) is 0. The van der Waals surface area contributed by atoms with E-state index in [1.807, 2.05) is 0 Å². The smallest absolute Gasteiger partial charge is 0.00201 e. The van der Waals surface area contributed by atoms with Crippen LogP contribution in [-0.2, 0) is 0 Å². The average molecular weight is 607 g/mol. The second-order valence-corrected chi connectivity index (χ2v) is 12.8. The van der Waals surface area contributed by atoms with E-state index < -0.39 is 0 Å². The second kappa shape index (κ2) is 10.7. The predicted molar refractivity (Wildman–Crippen MR) is 208 cm³/mol. The number of hydrogen-bond donors (Lipinski definition) is 0. The normalized spacial score (nSPS) is 11.8. The lowest BCUT2D eigenvalue weighted by atomic mass is 9.82. The molecule has 0 aliphatic rings. The molecule has 0 N–H and O–H groups in total. The standard InChI is InChI=1S/C48H30/c1-3-17-34-31(13-1)15-11-25-39(34)47-41-21-7-9-23-43(41)48(44-24-10-8-22-42(44)47)45-30-29-38(36-19-5-6-20-37(36)45)40-26-12-16-33-28-27-32-14-2-4-18-35(32)46(33)40/h1-30H. The Morgan fingerprint density at radius 3 is 1.19 bits per heavy atom. The lowest BCUT2D eigenvalue weighted by Gasteiger charge is -2.20. The fourth-order valence-corrected chi connectivity index (χ4v) is 8.19. The summed E-state index contributed by atoms with van der Waals surface area (Å²) in [5.41, 5.74) is 7.65. The highest BCUT2D eigenvalue weighted by atomic mass is 14.2. The molecule has 0 aliphatic heterocycles. The van der Waals surface area contributed by atoms with Crippen LogP contribution in [-0.4, -0.2) is 0 Å². The van der Waals surface area contributed by atoms with Crippen molar-refractivity contribution in [3.8, 4) is 33.4 Å². The van der Waals surface area contributed by atoms with Crippen LogP contribution in [0.5, 0.6) is 0 Å². The van der Waals surface area contributed by atoms with Gasteiger partial charge in [-0.1, -0.05) is 182 Å². The quantitative estimate of drug-likeness (QED) is 0.139. The molecule has 0 nitrogen and oxygen atoms in total. The summed E-state index contributed by atoms with van der Waals surface area (Å²) in [4.78, 5) is 0. The van der Waals surface area contributed by atoms with Crippen LogP contribution in [0, 0.1) is 0 Å². The molecule has 10 aromatic carbocycles. The van der Waals surface area contributed by atoms with Crippen molar-refractivity contribution >= 4 is 64.6 Å². The summed E-state index contributed by atoms with van der Waals surface area (Å²) >= 11 is 0. The molecule has 0 aliphatic carbocycles. The summed E-state index contributed by atoms with van der Waals surface area (Å²) in [7, 11) is 0. The molecule has 0 atom stereocenters. The molecule has 0 saturated heterocycles. The number of benzene rings is 10. The van der Waals surface area contributed by atoms with Gasteiger partial charge in [0.05, 0.1) is 0 Å². The van der Waals surface area contributed by atoms with Crippen LogP contribution < -0.4 is 0 Å². The van der Waals surface area contributed by atoms with Crippen molar-refractivity contribution in [2.24, 2.45) is 0 Å². The van der Waals surface area contributed by atoms with Crippen molar-refractivity contribution in [1.29, 1.82) is 0 Å². The molecule has 0 heteroatoms. The summed E-state index contributed by atoms with van der Waals surface area (Å²) in [5, 5.41) is 15.3. The Kier molecular flexibility index (Phi) is 5.98. The van der Waals surface area contributed by atoms with E-state index in [1.54, 1.807) is 0 Å². The van der Waals surface area contributed by atoms with Crippen LogP contribution in [0.3, 0.4) is 0 Å². The lowest BCUT2D eigenvalue weighted by Crippen LogP contribution is -1.93. The molecular formula is C48H30. The van der Waals surface area contributed by atoms with E-state index in [2.05, 4.69) is 182 Å². The van der Waals surface area contributed by atoms with E-state index in [1.165, 1.54) is 98.0 Å². The van der Waals surface area contributed by atoms with Gasteiger partial charge in [-0.05, 0) is 98.0 Å². The second-order valence-electron chi connectivity index (χ2n) is 12.8. The molecule has 222 valence electrons. The Labute approximate surface area is 279 Å². The first-order chi connectivity index (χ1) is 23.8. The topological polar surface area (TPSA) is 0 Å². The molecule has 0 saturated carbocycles. The number of hydrogen-bond acceptors (Lipinski definition) is 0. The average Bonchev–Trinajstić information content (AvgIpc) is 3.16. The Morgan fingerprint density at radius 1 is 0.188 bits per heavy atom. The van der Waals surface area contributed by atoms with Gasteiger partial charge in [-0.15, -0.1) is 0 Å². The molecule has 0 fully saturated rings. The first kappa shape index (κ1) is 26.9. The highest BCUT2D eigenvalue weighted by molar-refractivity contribution is 6.26. The third-order valence-electron chi connectivity index (χ3n) is 10.2. The minimum Gasteiger partial charge on any atom is -0.0616 e. The van der Waals surface area contributed by atoms with Crippen LogP contribution in [0.25, 0.3) is 98.0 Å². The summed E-state index contributed by atoms with van der Waals surface area (Å²) in [6, 6.07) is 67.1. The Hall–Kier alpha value is -6.24. The highest BCUT2D eigenvalue weighted by Crippen LogP contribution is 2.48. The fourth-order valence-electron chi connectivity index (χ4n) is 8.19. The predicted octanol–water partition coefficient (Wildman–Crippen LogP) is 13.6. The Bertz CT molecular complexity index is 2830. The van der Waals surface area contributed by atoms with Gasteiger partial charge >= 0.3 is 0 Å². The Morgan fingerprint density at radius 2 is 0.562 bits per heavy atom. The zero-order chi connectivity index (χ0) is 31.6. The van der Waals surface area contributed by atoms with Crippen molar-refractivity contribution < 1.29 is 0 Å². The molecular weight excluding hydrogens is 577 g/mol. The third kappa shape index (κ3) is 3.96. The molecule has 0 heterocycles. The summed E-state index contributed by atoms with van der Waals surface area (Å²) < 4.78 is 0. The summed E-state index contributed by atoms with van der Waals surface area (Å²) in [5.74, 6) is 0. The molecule has 0 amide bonds. The van der Waals surface area contributed by atoms with Crippen LogP contribution in [0.15, 0.2) is 182 Å². The third-order valence-corrected chi connectivity index (χ3v) is 10.2. The highest BCUT2D eigenvalue weighted by Gasteiger charge is 2.20. The molecule has 0 spiro atoms. The molecule has 10 rings (SSSR count). The molecule has 48 heavy (non-hydrogen) atoms. The minimum atomic E-state index is 1.26. The van der Waals surface area contributed by atoms with Crippen molar-refractivity contribution in [2.75, 3.05) is 0 Å². The van der Waals surface area contributed by atoms with E-state index in [-0.39, 0.29) is 0 Å². The minimum absolute atomic E-state index is 1.26. The van der Waals surface area contributed by atoms with Crippen molar-refractivity contribution in [1.82, 2.24) is 0 Å². The van der Waals surface area contributed by atoms with Crippen LogP contribution >= 0.6 is 0 Å². The molecule has 0 radical (unpaired) electrons. The van der Waals surface area contributed by atoms with E-state index >= 15 is 0 Å². The van der Waals surface area contributed by atoms with Crippen LogP contribution in [0.4, 0.5) is 0 Å². The van der Waals surface area contributed by atoms with Crippen LogP contribution in [0.1, 0.15) is 0 Å². The zero-order valence-corrected chi connectivity index (χ0v) is 26.3. The van der Waals surface area contributed by atoms with Crippen molar-refractivity contribution in [3.63, 3.8) is 0 Å². The van der Waals surface area contributed by atoms with Gasteiger partial charge in [0.2, 0.25) is 0 Å². The fraction of sp³-hybridized carbons (Fsp3) is 0. The van der Waals surface area contributed by atoms with Crippen molar-refractivity contribution in [2.45, 2.75) is 0 Å². The Balaban J connectivity index is 1.30.